The van der Waals surface area contributed by atoms with Crippen molar-refractivity contribution < 1.29 is 18.5 Å². The molecule has 0 radical (unpaired) electrons. The van der Waals surface area contributed by atoms with Gasteiger partial charge >= 0.3 is 0 Å². The molecule has 0 aliphatic carbocycles. The summed E-state index contributed by atoms with van der Waals surface area (Å²) >= 11 is 6.12. The summed E-state index contributed by atoms with van der Waals surface area (Å²) in [6, 6.07) is 10.4. The van der Waals surface area contributed by atoms with Crippen molar-refractivity contribution in [3.8, 4) is 11.4 Å². The first-order chi connectivity index (χ1) is 13.8. The van der Waals surface area contributed by atoms with Crippen molar-refractivity contribution in [2.24, 2.45) is 0 Å². The summed E-state index contributed by atoms with van der Waals surface area (Å²) in [5.74, 6) is -0.274. The van der Waals surface area contributed by atoms with Crippen LogP contribution in [0.2, 0.25) is 5.02 Å². The maximum Gasteiger partial charge on any atom is 0.253 e. The highest BCUT2D eigenvalue weighted by atomic mass is 35.5. The molecule has 0 spiro atoms. The molecule has 0 aliphatic rings. The number of carbonyl (C=O) groups excluding carboxylic acids is 2. The third-order valence-electron chi connectivity index (χ3n) is 4.03. The smallest absolute Gasteiger partial charge is 0.253 e. The lowest BCUT2D eigenvalue weighted by molar-refractivity contribution is -0.116. The van der Waals surface area contributed by atoms with E-state index >= 15 is 0 Å². The predicted molar refractivity (Wildman–Crippen MR) is 106 cm³/mol. The minimum Gasteiger partial charge on any atom is -0.345 e. The number of benzene rings is 2. The number of hydrogen-bond acceptors (Lipinski definition) is 5. The molecule has 2 amide bonds. The Morgan fingerprint density at radius 2 is 1.90 bits per heavy atom. The van der Waals surface area contributed by atoms with Gasteiger partial charge in [0.25, 0.3) is 5.91 Å². The van der Waals surface area contributed by atoms with Crippen molar-refractivity contribution in [2.45, 2.75) is 12.8 Å². The molecule has 29 heavy (non-hydrogen) atoms. The zero-order valence-electron chi connectivity index (χ0n) is 15.8. The van der Waals surface area contributed by atoms with Gasteiger partial charge in [0, 0.05) is 38.1 Å². The van der Waals surface area contributed by atoms with Crippen molar-refractivity contribution in [3.63, 3.8) is 0 Å². The summed E-state index contributed by atoms with van der Waals surface area (Å²) in [6.07, 6.45) is 0.293. The Morgan fingerprint density at radius 1 is 1.17 bits per heavy atom. The third-order valence-corrected chi connectivity index (χ3v) is 4.36. The van der Waals surface area contributed by atoms with E-state index in [0.29, 0.717) is 27.7 Å². The minimum absolute atomic E-state index is 0.0766. The monoisotopic (exact) mass is 416 g/mol. The molecule has 0 bridgehead atoms. The van der Waals surface area contributed by atoms with Crippen LogP contribution in [0.25, 0.3) is 11.4 Å². The zero-order valence-corrected chi connectivity index (χ0v) is 16.5. The molecule has 150 valence electrons. The summed E-state index contributed by atoms with van der Waals surface area (Å²) in [6.45, 7) is 0. The van der Waals surface area contributed by atoms with E-state index in [4.69, 9.17) is 16.1 Å². The van der Waals surface area contributed by atoms with Crippen LogP contribution in [0.5, 0.6) is 0 Å². The highest BCUT2D eigenvalue weighted by Gasteiger charge is 2.14. The number of nitrogens with zero attached hydrogens (tertiary/aromatic N) is 3. The Labute approximate surface area is 171 Å². The Hall–Kier alpha value is -3.26. The SMILES string of the molecule is CN(C)C(=O)c1ccc(Cl)c(NC(=O)CCc2nc(-c3ccc(F)cc3)no2)c1. The summed E-state index contributed by atoms with van der Waals surface area (Å²) in [5.41, 5.74) is 1.37. The van der Waals surface area contributed by atoms with E-state index in [1.807, 2.05) is 0 Å². The van der Waals surface area contributed by atoms with E-state index in [9.17, 15) is 14.0 Å². The van der Waals surface area contributed by atoms with E-state index in [-0.39, 0.29) is 36.4 Å². The fourth-order valence-electron chi connectivity index (χ4n) is 2.52. The van der Waals surface area contributed by atoms with Crippen LogP contribution in [0, 0.1) is 5.82 Å². The second kappa shape index (κ2) is 8.83. The molecular formula is C20H18ClFN4O3. The zero-order chi connectivity index (χ0) is 21.0. The first-order valence-corrected chi connectivity index (χ1v) is 9.11. The molecule has 2 aromatic carbocycles. The number of rotatable bonds is 6. The number of hydrogen-bond donors (Lipinski definition) is 1. The van der Waals surface area contributed by atoms with Crippen molar-refractivity contribution >= 4 is 29.1 Å². The lowest BCUT2D eigenvalue weighted by Crippen LogP contribution is -2.22. The van der Waals surface area contributed by atoms with Crippen molar-refractivity contribution in [3.05, 3.63) is 64.8 Å². The Kier molecular flexibility index (Phi) is 6.23. The summed E-state index contributed by atoms with van der Waals surface area (Å²) in [7, 11) is 3.28. The Morgan fingerprint density at radius 3 is 2.59 bits per heavy atom. The summed E-state index contributed by atoms with van der Waals surface area (Å²) in [5, 5.41) is 6.85. The Balaban J connectivity index is 1.61. The molecular weight excluding hydrogens is 399 g/mol. The van der Waals surface area contributed by atoms with Crippen LogP contribution in [-0.4, -0.2) is 41.0 Å². The first-order valence-electron chi connectivity index (χ1n) is 8.73. The summed E-state index contributed by atoms with van der Waals surface area (Å²) < 4.78 is 18.1. The molecule has 9 heteroatoms. The molecule has 7 nitrogen and oxygen atoms in total. The molecule has 3 rings (SSSR count). The number of carbonyl (C=O) groups is 2. The second-order valence-corrected chi connectivity index (χ2v) is 6.87. The van der Waals surface area contributed by atoms with Crippen LogP contribution in [-0.2, 0) is 11.2 Å². The molecule has 0 saturated carbocycles. The van der Waals surface area contributed by atoms with Crippen molar-refractivity contribution in [2.75, 3.05) is 19.4 Å². The maximum absolute atomic E-state index is 13.0. The minimum atomic E-state index is -0.357. The molecule has 0 fully saturated rings. The van der Waals surface area contributed by atoms with E-state index < -0.39 is 0 Å². The van der Waals surface area contributed by atoms with Gasteiger partial charge in [0.05, 0.1) is 10.7 Å². The highest BCUT2D eigenvalue weighted by molar-refractivity contribution is 6.33. The normalized spacial score (nSPS) is 10.6. The Bertz CT molecular complexity index is 1030. The highest BCUT2D eigenvalue weighted by Crippen LogP contribution is 2.24. The van der Waals surface area contributed by atoms with Crippen LogP contribution in [0.15, 0.2) is 47.0 Å². The van der Waals surface area contributed by atoms with Crippen LogP contribution >= 0.6 is 11.6 Å². The van der Waals surface area contributed by atoms with Crippen molar-refractivity contribution in [1.82, 2.24) is 15.0 Å². The van der Waals surface area contributed by atoms with Gasteiger partial charge in [0.15, 0.2) is 0 Å². The number of nitrogens with one attached hydrogen (secondary N) is 1. The number of aromatic nitrogens is 2. The van der Waals surface area contributed by atoms with Gasteiger partial charge in [-0.2, -0.15) is 4.98 Å². The van der Waals surface area contributed by atoms with Gasteiger partial charge in [-0.05, 0) is 42.5 Å². The number of aryl methyl sites for hydroxylation is 1. The second-order valence-electron chi connectivity index (χ2n) is 6.46. The van der Waals surface area contributed by atoms with Gasteiger partial charge in [-0.3, -0.25) is 9.59 Å². The van der Waals surface area contributed by atoms with Crippen LogP contribution < -0.4 is 5.32 Å². The van der Waals surface area contributed by atoms with E-state index in [1.165, 1.54) is 23.1 Å². The maximum atomic E-state index is 13.0. The standard InChI is InChI=1S/C20H18ClFN4O3/c1-26(2)20(28)13-5-8-15(21)16(11-13)23-17(27)9-10-18-24-19(25-29-18)12-3-6-14(22)7-4-12/h3-8,11H,9-10H2,1-2H3,(H,23,27). The molecule has 1 N–H and O–H groups in total. The van der Waals surface area contributed by atoms with Crippen LogP contribution in [0.3, 0.4) is 0 Å². The number of halogens is 2. The molecule has 0 unspecified atom stereocenters. The molecule has 3 aromatic rings. The van der Waals surface area contributed by atoms with Crippen LogP contribution in [0.4, 0.5) is 10.1 Å². The lowest BCUT2D eigenvalue weighted by atomic mass is 10.1. The van der Waals surface area contributed by atoms with Crippen molar-refractivity contribution in [1.29, 1.82) is 0 Å². The fraction of sp³-hybridized carbons (Fsp3) is 0.200. The first kappa shape index (κ1) is 20.5. The molecule has 1 heterocycles. The van der Waals surface area contributed by atoms with Gasteiger partial charge in [0.2, 0.25) is 17.6 Å². The van der Waals surface area contributed by atoms with E-state index in [1.54, 1.807) is 38.4 Å². The average Bonchev–Trinajstić information content (AvgIpc) is 3.17. The molecule has 1 aromatic heterocycles. The van der Waals surface area contributed by atoms with Gasteiger partial charge in [-0.25, -0.2) is 4.39 Å². The largest absolute Gasteiger partial charge is 0.345 e. The van der Waals surface area contributed by atoms with Gasteiger partial charge < -0.3 is 14.7 Å². The topological polar surface area (TPSA) is 88.3 Å². The van der Waals surface area contributed by atoms with Gasteiger partial charge in [0.1, 0.15) is 5.82 Å². The lowest BCUT2D eigenvalue weighted by Gasteiger charge is -2.12. The number of anilines is 1. The average molecular weight is 417 g/mol. The van der Waals surface area contributed by atoms with Gasteiger partial charge in [-0.15, -0.1) is 0 Å². The van der Waals surface area contributed by atoms with E-state index in [0.717, 1.165) is 0 Å². The molecule has 0 atom stereocenters. The predicted octanol–water partition coefficient (Wildman–Crippen LogP) is 3.80. The van der Waals surface area contributed by atoms with Crippen LogP contribution in [0.1, 0.15) is 22.7 Å². The molecule has 0 saturated heterocycles. The molecule has 0 aliphatic heterocycles. The van der Waals surface area contributed by atoms with Gasteiger partial charge in [-0.1, -0.05) is 16.8 Å². The fourth-order valence-corrected chi connectivity index (χ4v) is 2.68. The summed E-state index contributed by atoms with van der Waals surface area (Å²) in [4.78, 5) is 30.0. The quantitative estimate of drug-likeness (QED) is 0.660. The van der Waals surface area contributed by atoms with E-state index in [2.05, 4.69) is 15.5 Å². The number of amides is 2. The third kappa shape index (κ3) is 5.17.